The van der Waals surface area contributed by atoms with Gasteiger partial charge in [-0.25, -0.2) is 0 Å². The van der Waals surface area contributed by atoms with Gasteiger partial charge in [-0.2, -0.15) is 0 Å². The van der Waals surface area contributed by atoms with Crippen molar-refractivity contribution in [2.75, 3.05) is 19.7 Å². The average Bonchev–Trinajstić information content (AvgIpc) is 2.88. The van der Waals surface area contributed by atoms with E-state index in [0.29, 0.717) is 19.2 Å². The summed E-state index contributed by atoms with van der Waals surface area (Å²) in [7, 11) is 0. The van der Waals surface area contributed by atoms with Crippen LogP contribution in [-0.2, 0) is 9.53 Å². The van der Waals surface area contributed by atoms with Crippen molar-refractivity contribution in [2.45, 2.75) is 70.4 Å². The quantitative estimate of drug-likeness (QED) is 0.705. The fourth-order valence-electron chi connectivity index (χ4n) is 6.48. The summed E-state index contributed by atoms with van der Waals surface area (Å²) in [4.78, 5) is 28.3. The maximum Gasteiger partial charge on any atom is 0.254 e. The molecule has 2 atom stereocenters. The molecule has 5 heteroatoms. The third-order valence-electron chi connectivity index (χ3n) is 8.43. The van der Waals surface area contributed by atoms with Crippen LogP contribution >= 0.6 is 0 Å². The van der Waals surface area contributed by atoms with Gasteiger partial charge in [0.1, 0.15) is 0 Å². The van der Waals surface area contributed by atoms with E-state index >= 15 is 0 Å². The molecule has 2 aromatic carbocycles. The van der Waals surface area contributed by atoms with Crippen LogP contribution in [0.4, 0.5) is 0 Å². The molecule has 2 aromatic rings. The van der Waals surface area contributed by atoms with E-state index in [1.807, 2.05) is 47.4 Å². The molecule has 0 radical (unpaired) electrons. The van der Waals surface area contributed by atoms with Crippen LogP contribution in [0, 0.1) is 11.3 Å². The highest BCUT2D eigenvalue weighted by Crippen LogP contribution is 2.53. The maximum atomic E-state index is 13.2. The molecule has 3 fully saturated rings. The maximum absolute atomic E-state index is 13.2. The summed E-state index contributed by atoms with van der Waals surface area (Å²) in [5.74, 6) is 0.246. The Balaban J connectivity index is 1.19. The zero-order valence-electron chi connectivity index (χ0n) is 19.7. The summed E-state index contributed by atoms with van der Waals surface area (Å²) in [5, 5.41) is 5.49. The Kier molecular flexibility index (Phi) is 6.42. The van der Waals surface area contributed by atoms with Gasteiger partial charge < -0.3 is 15.0 Å². The summed E-state index contributed by atoms with van der Waals surface area (Å²) in [6.45, 7) is 4.08. The zero-order valence-corrected chi connectivity index (χ0v) is 19.7. The van der Waals surface area contributed by atoms with E-state index in [2.05, 4.69) is 12.2 Å². The summed E-state index contributed by atoms with van der Waals surface area (Å²) in [5.41, 5.74) is 0.904. The topological polar surface area (TPSA) is 58.6 Å². The van der Waals surface area contributed by atoms with Crippen molar-refractivity contribution in [2.24, 2.45) is 11.3 Å². The van der Waals surface area contributed by atoms with Crippen LogP contribution in [-0.4, -0.2) is 48.6 Å². The van der Waals surface area contributed by atoms with Gasteiger partial charge in [0.15, 0.2) is 0 Å². The highest BCUT2D eigenvalue weighted by atomic mass is 16.5. The molecule has 1 heterocycles. The Morgan fingerprint density at radius 3 is 2.52 bits per heavy atom. The Bertz CT molecular complexity index is 1000. The Morgan fingerprint density at radius 2 is 1.76 bits per heavy atom. The van der Waals surface area contributed by atoms with E-state index in [-0.39, 0.29) is 29.2 Å². The minimum atomic E-state index is -0.00616. The number of amides is 2. The molecular formula is C28H36N2O3. The highest BCUT2D eigenvalue weighted by molar-refractivity contribution is 6.07. The average molecular weight is 449 g/mol. The minimum Gasteiger partial charge on any atom is -0.378 e. The second kappa shape index (κ2) is 9.46. The lowest BCUT2D eigenvalue weighted by Gasteiger charge is -2.57. The second-order valence-corrected chi connectivity index (χ2v) is 10.1. The number of rotatable bonds is 5. The van der Waals surface area contributed by atoms with Gasteiger partial charge in [-0.05, 0) is 55.9 Å². The molecule has 2 amide bonds. The molecule has 1 N–H and O–H groups in total. The predicted molar refractivity (Wildman–Crippen MR) is 130 cm³/mol. The number of carbonyl (C=O) groups is 2. The minimum absolute atomic E-state index is 0.00616. The molecule has 33 heavy (non-hydrogen) atoms. The number of hydrogen-bond donors (Lipinski definition) is 1. The monoisotopic (exact) mass is 448 g/mol. The normalized spacial score (nSPS) is 25.1. The fourth-order valence-corrected chi connectivity index (χ4v) is 6.48. The molecule has 1 spiro atoms. The van der Waals surface area contributed by atoms with Crippen LogP contribution in [0.25, 0.3) is 10.8 Å². The van der Waals surface area contributed by atoms with Gasteiger partial charge in [-0.3, -0.25) is 9.59 Å². The lowest BCUT2D eigenvalue weighted by Crippen LogP contribution is -2.66. The van der Waals surface area contributed by atoms with Crippen molar-refractivity contribution in [3.8, 4) is 0 Å². The van der Waals surface area contributed by atoms with E-state index < -0.39 is 0 Å². The number of likely N-dealkylation sites (tertiary alicyclic amines) is 1. The third kappa shape index (κ3) is 4.16. The largest absolute Gasteiger partial charge is 0.378 e. The molecule has 2 aliphatic carbocycles. The van der Waals surface area contributed by atoms with E-state index in [0.717, 1.165) is 42.2 Å². The van der Waals surface area contributed by atoms with Gasteiger partial charge in [0.25, 0.3) is 5.91 Å². The first-order chi connectivity index (χ1) is 16.1. The Labute approximate surface area is 196 Å². The van der Waals surface area contributed by atoms with Crippen LogP contribution in [0.3, 0.4) is 0 Å². The first-order valence-electron chi connectivity index (χ1n) is 12.8. The van der Waals surface area contributed by atoms with E-state index in [1.54, 1.807) is 0 Å². The lowest BCUT2D eigenvalue weighted by molar-refractivity contribution is -0.159. The van der Waals surface area contributed by atoms with E-state index in [4.69, 9.17) is 4.74 Å². The first kappa shape index (κ1) is 22.4. The van der Waals surface area contributed by atoms with Crippen LogP contribution < -0.4 is 5.32 Å². The SMILES string of the molecule is CCO[C@H]1C[C@@H](NC(=O)C2CCN(C(=O)c3cccc4ccccc34)CC2)C12CCCCC2. The van der Waals surface area contributed by atoms with Gasteiger partial charge in [-0.15, -0.1) is 0 Å². The molecule has 2 saturated carbocycles. The first-order valence-corrected chi connectivity index (χ1v) is 12.8. The summed E-state index contributed by atoms with van der Waals surface area (Å²) < 4.78 is 6.05. The summed E-state index contributed by atoms with van der Waals surface area (Å²) in [6.07, 6.45) is 8.82. The van der Waals surface area contributed by atoms with Gasteiger partial charge in [0, 0.05) is 42.6 Å². The third-order valence-corrected chi connectivity index (χ3v) is 8.43. The number of fused-ring (bicyclic) bond motifs is 1. The fraction of sp³-hybridized carbons (Fsp3) is 0.571. The molecule has 176 valence electrons. The number of nitrogens with one attached hydrogen (secondary N) is 1. The molecule has 0 bridgehead atoms. The van der Waals surface area contributed by atoms with Crippen molar-refractivity contribution >= 4 is 22.6 Å². The van der Waals surface area contributed by atoms with Gasteiger partial charge in [-0.1, -0.05) is 55.7 Å². The number of benzene rings is 2. The lowest BCUT2D eigenvalue weighted by atomic mass is 9.55. The van der Waals surface area contributed by atoms with E-state index in [1.165, 1.54) is 32.1 Å². The molecule has 5 rings (SSSR count). The van der Waals surface area contributed by atoms with Gasteiger partial charge in [0.05, 0.1) is 6.10 Å². The Morgan fingerprint density at radius 1 is 1.03 bits per heavy atom. The molecule has 1 saturated heterocycles. The van der Waals surface area contributed by atoms with Crippen molar-refractivity contribution in [1.82, 2.24) is 10.2 Å². The van der Waals surface area contributed by atoms with Crippen LogP contribution in [0.15, 0.2) is 42.5 Å². The second-order valence-electron chi connectivity index (χ2n) is 10.1. The standard InChI is InChI=1S/C28H36N2O3/c1-2-33-25-19-24(28(25)15-6-3-7-16-28)29-26(31)21-13-17-30(18-14-21)27(32)23-12-8-10-20-9-4-5-11-22(20)23/h4-5,8-12,21,24-25H,2-3,6-7,13-19H2,1H3,(H,29,31)/t24-,25+/m1/s1. The molecule has 5 nitrogen and oxygen atoms in total. The van der Waals surface area contributed by atoms with Crippen molar-refractivity contribution < 1.29 is 14.3 Å². The highest BCUT2D eigenvalue weighted by Gasteiger charge is 2.56. The summed E-state index contributed by atoms with van der Waals surface area (Å²) in [6, 6.07) is 14.2. The number of carbonyl (C=O) groups excluding carboxylic acids is 2. The summed E-state index contributed by atoms with van der Waals surface area (Å²) >= 11 is 0. The predicted octanol–water partition coefficient (Wildman–Crippen LogP) is 4.94. The van der Waals surface area contributed by atoms with Gasteiger partial charge in [0.2, 0.25) is 5.91 Å². The van der Waals surface area contributed by atoms with Crippen LogP contribution in [0.1, 0.15) is 68.6 Å². The van der Waals surface area contributed by atoms with Crippen molar-refractivity contribution in [3.05, 3.63) is 48.0 Å². The van der Waals surface area contributed by atoms with Crippen molar-refractivity contribution in [3.63, 3.8) is 0 Å². The van der Waals surface area contributed by atoms with Crippen molar-refractivity contribution in [1.29, 1.82) is 0 Å². The zero-order chi connectivity index (χ0) is 22.8. The number of piperidine rings is 1. The van der Waals surface area contributed by atoms with Crippen LogP contribution in [0.5, 0.6) is 0 Å². The van der Waals surface area contributed by atoms with Gasteiger partial charge >= 0.3 is 0 Å². The molecule has 3 aliphatic rings. The number of nitrogens with zero attached hydrogens (tertiary/aromatic N) is 1. The van der Waals surface area contributed by atoms with Crippen LogP contribution in [0.2, 0.25) is 0 Å². The molecular weight excluding hydrogens is 412 g/mol. The van der Waals surface area contributed by atoms with E-state index in [9.17, 15) is 9.59 Å². The number of ether oxygens (including phenoxy) is 1. The smallest absolute Gasteiger partial charge is 0.254 e. The molecule has 1 aliphatic heterocycles. The Hall–Kier alpha value is -2.40. The number of hydrogen-bond acceptors (Lipinski definition) is 3. The molecule has 0 aromatic heterocycles. The molecule has 0 unspecified atom stereocenters.